The highest BCUT2D eigenvalue weighted by Crippen LogP contribution is 2.37. The third kappa shape index (κ3) is 3.99. The maximum absolute atomic E-state index is 2.47. The molecule has 0 radical (unpaired) electrons. The average molecular weight is 435 g/mol. The summed E-state index contributed by atoms with van der Waals surface area (Å²) in [7, 11) is 2.21. The summed E-state index contributed by atoms with van der Waals surface area (Å²) >= 11 is 0. The van der Waals surface area contributed by atoms with Crippen LogP contribution in [0.5, 0.6) is 0 Å². The zero-order valence-corrected chi connectivity index (χ0v) is 20.8. The number of rotatable bonds is 3. The third-order valence-electron chi connectivity index (χ3n) is 7.89. The van der Waals surface area contributed by atoms with E-state index < -0.39 is 0 Å². The lowest BCUT2D eigenvalue weighted by Gasteiger charge is -2.22. The molecule has 0 bridgehead atoms. The molecular formula is C32H36N+. The van der Waals surface area contributed by atoms with E-state index in [9.17, 15) is 0 Å². The lowest BCUT2D eigenvalue weighted by Crippen LogP contribution is -2.35. The molecule has 0 aliphatic heterocycles. The van der Waals surface area contributed by atoms with Crippen LogP contribution in [0.2, 0.25) is 0 Å². The van der Waals surface area contributed by atoms with E-state index in [0.717, 1.165) is 5.92 Å². The Bertz CT molecular complexity index is 1320. The van der Waals surface area contributed by atoms with Crippen molar-refractivity contribution in [1.82, 2.24) is 0 Å². The molecule has 0 spiro atoms. The van der Waals surface area contributed by atoms with Crippen LogP contribution in [0, 0.1) is 27.7 Å². The molecule has 168 valence electrons. The van der Waals surface area contributed by atoms with Crippen molar-refractivity contribution in [3.05, 3.63) is 88.6 Å². The lowest BCUT2D eigenvalue weighted by molar-refractivity contribution is -0.665. The number of aromatic nitrogens is 1. The van der Waals surface area contributed by atoms with Crippen molar-refractivity contribution in [2.75, 3.05) is 0 Å². The van der Waals surface area contributed by atoms with Crippen LogP contribution in [0.15, 0.2) is 60.7 Å². The summed E-state index contributed by atoms with van der Waals surface area (Å²) in [5, 5.41) is 2.73. The normalized spacial score (nSPS) is 14.7. The predicted octanol–water partition coefficient (Wildman–Crippen LogP) is 8.28. The predicted molar refractivity (Wildman–Crippen MR) is 141 cm³/mol. The van der Waals surface area contributed by atoms with E-state index in [0.29, 0.717) is 0 Å². The summed E-state index contributed by atoms with van der Waals surface area (Å²) in [5.41, 5.74) is 12.2. The van der Waals surface area contributed by atoms with Crippen molar-refractivity contribution in [3.63, 3.8) is 0 Å². The summed E-state index contributed by atoms with van der Waals surface area (Å²) in [6.45, 7) is 8.92. The van der Waals surface area contributed by atoms with Gasteiger partial charge in [0.05, 0.1) is 5.39 Å². The first kappa shape index (κ1) is 21.9. The van der Waals surface area contributed by atoms with Gasteiger partial charge in [-0.1, -0.05) is 61.7 Å². The molecule has 0 unspecified atom stereocenters. The van der Waals surface area contributed by atoms with Gasteiger partial charge in [-0.25, -0.2) is 0 Å². The quantitative estimate of drug-likeness (QED) is 0.286. The second-order valence-corrected chi connectivity index (χ2v) is 10.2. The number of nitrogens with zero attached hydrogens (tertiary/aromatic N) is 1. The molecule has 33 heavy (non-hydrogen) atoms. The maximum atomic E-state index is 2.47. The molecule has 0 saturated heterocycles. The Balaban J connectivity index is 1.64. The molecule has 1 saturated carbocycles. The Kier molecular flexibility index (Phi) is 5.83. The van der Waals surface area contributed by atoms with E-state index in [-0.39, 0.29) is 0 Å². The van der Waals surface area contributed by atoms with Crippen LogP contribution in [-0.4, -0.2) is 0 Å². The Labute approximate surface area is 199 Å². The Morgan fingerprint density at radius 3 is 2.15 bits per heavy atom. The number of hydrogen-bond acceptors (Lipinski definition) is 0. The largest absolute Gasteiger partial charge is 0.220 e. The van der Waals surface area contributed by atoms with Gasteiger partial charge in [0.1, 0.15) is 7.05 Å². The van der Waals surface area contributed by atoms with E-state index in [1.165, 1.54) is 93.2 Å². The van der Waals surface area contributed by atoms with Gasteiger partial charge in [-0.3, -0.25) is 0 Å². The van der Waals surface area contributed by atoms with Gasteiger partial charge in [0.15, 0.2) is 5.69 Å². The first-order valence-corrected chi connectivity index (χ1v) is 12.5. The first-order chi connectivity index (χ1) is 15.9. The van der Waals surface area contributed by atoms with Crippen LogP contribution in [0.1, 0.15) is 66.0 Å². The summed E-state index contributed by atoms with van der Waals surface area (Å²) in [6, 6.07) is 23.2. The molecule has 1 heterocycles. The fourth-order valence-corrected chi connectivity index (χ4v) is 5.97. The van der Waals surface area contributed by atoms with E-state index in [1.54, 1.807) is 0 Å². The molecule has 0 N–H and O–H groups in total. The molecule has 4 aromatic rings. The zero-order chi connectivity index (χ0) is 23.1. The molecule has 0 atom stereocenters. The standard InChI is InChI=1S/C32H36N/c1-21-10-9-11-22(2)31(21)27-15-16-29(23(3)18-27)32-30-17-14-26(25-12-7-6-8-13-25)20-28(30)19-24(4)33(32)5/h9-11,14-20,25H,6-8,12-13H2,1-5H3/q+1. The number of aryl methyl sites for hydroxylation is 4. The van der Waals surface area contributed by atoms with Crippen LogP contribution < -0.4 is 4.57 Å². The minimum atomic E-state index is 0.735. The van der Waals surface area contributed by atoms with E-state index in [2.05, 4.69) is 100.0 Å². The summed E-state index contributed by atoms with van der Waals surface area (Å²) in [6.07, 6.45) is 6.85. The van der Waals surface area contributed by atoms with Crippen molar-refractivity contribution in [2.45, 2.75) is 65.7 Å². The number of hydrogen-bond donors (Lipinski definition) is 0. The van der Waals surface area contributed by atoms with Gasteiger partial charge in [0.2, 0.25) is 5.69 Å². The molecular weight excluding hydrogens is 398 g/mol. The Hall–Kier alpha value is -2.93. The molecule has 1 aliphatic carbocycles. The van der Waals surface area contributed by atoms with Gasteiger partial charge in [-0.05, 0) is 90.4 Å². The Morgan fingerprint density at radius 2 is 1.45 bits per heavy atom. The molecule has 1 heteroatoms. The van der Waals surface area contributed by atoms with E-state index in [4.69, 9.17) is 0 Å². The zero-order valence-electron chi connectivity index (χ0n) is 20.8. The number of pyridine rings is 1. The average Bonchev–Trinajstić information content (AvgIpc) is 2.81. The summed E-state index contributed by atoms with van der Waals surface area (Å²) in [5.74, 6) is 0.735. The van der Waals surface area contributed by atoms with E-state index in [1.807, 2.05) is 0 Å². The minimum absolute atomic E-state index is 0.735. The number of fused-ring (bicyclic) bond motifs is 1. The monoisotopic (exact) mass is 434 g/mol. The van der Waals surface area contributed by atoms with Crippen molar-refractivity contribution < 1.29 is 4.57 Å². The second kappa shape index (κ2) is 8.78. The van der Waals surface area contributed by atoms with Gasteiger partial charge in [-0.2, -0.15) is 4.57 Å². The van der Waals surface area contributed by atoms with Gasteiger partial charge in [0.25, 0.3) is 0 Å². The fraction of sp³-hybridized carbons (Fsp3) is 0.344. The molecule has 3 aromatic carbocycles. The van der Waals surface area contributed by atoms with Gasteiger partial charge in [-0.15, -0.1) is 0 Å². The van der Waals surface area contributed by atoms with Crippen molar-refractivity contribution in [2.24, 2.45) is 7.05 Å². The van der Waals surface area contributed by atoms with Crippen molar-refractivity contribution in [1.29, 1.82) is 0 Å². The highest BCUT2D eigenvalue weighted by molar-refractivity contribution is 5.94. The van der Waals surface area contributed by atoms with Crippen LogP contribution >= 0.6 is 0 Å². The SMILES string of the molecule is Cc1cc(-c2c(C)cccc2C)ccc1-c1c2ccc(C3CCCCC3)cc2cc(C)[n+]1C. The fourth-order valence-electron chi connectivity index (χ4n) is 5.97. The smallest absolute Gasteiger partial charge is 0.198 e. The van der Waals surface area contributed by atoms with Crippen LogP contribution in [0.25, 0.3) is 33.2 Å². The highest BCUT2D eigenvalue weighted by Gasteiger charge is 2.22. The molecule has 1 aliphatic rings. The number of benzene rings is 3. The van der Waals surface area contributed by atoms with Gasteiger partial charge in [0, 0.05) is 18.6 Å². The summed E-state index contributed by atoms with van der Waals surface area (Å²) in [4.78, 5) is 0. The second-order valence-electron chi connectivity index (χ2n) is 10.2. The molecule has 1 aromatic heterocycles. The topological polar surface area (TPSA) is 3.88 Å². The molecule has 5 rings (SSSR count). The van der Waals surface area contributed by atoms with E-state index >= 15 is 0 Å². The first-order valence-electron chi connectivity index (χ1n) is 12.5. The van der Waals surface area contributed by atoms with Crippen LogP contribution in [0.3, 0.4) is 0 Å². The molecule has 1 nitrogen and oxygen atoms in total. The molecule has 0 amide bonds. The van der Waals surface area contributed by atoms with Crippen molar-refractivity contribution >= 4 is 10.8 Å². The lowest BCUT2D eigenvalue weighted by atomic mass is 9.83. The maximum Gasteiger partial charge on any atom is 0.220 e. The summed E-state index contributed by atoms with van der Waals surface area (Å²) < 4.78 is 2.36. The molecule has 1 fully saturated rings. The van der Waals surface area contributed by atoms with Crippen LogP contribution in [0.4, 0.5) is 0 Å². The van der Waals surface area contributed by atoms with Gasteiger partial charge >= 0.3 is 0 Å². The van der Waals surface area contributed by atoms with Crippen LogP contribution in [-0.2, 0) is 7.05 Å². The highest BCUT2D eigenvalue weighted by atomic mass is 14.9. The third-order valence-corrected chi connectivity index (χ3v) is 7.89. The van der Waals surface area contributed by atoms with Crippen molar-refractivity contribution in [3.8, 4) is 22.4 Å². The van der Waals surface area contributed by atoms with Gasteiger partial charge < -0.3 is 0 Å². The minimum Gasteiger partial charge on any atom is -0.198 e. The Morgan fingerprint density at radius 1 is 0.727 bits per heavy atom.